The van der Waals surface area contributed by atoms with Crippen molar-refractivity contribution in [2.45, 2.75) is 0 Å². The van der Waals surface area contributed by atoms with Gasteiger partial charge in [-0.25, -0.2) is 10.6 Å². The van der Waals surface area contributed by atoms with Crippen LogP contribution in [0.3, 0.4) is 0 Å². The SMILES string of the molecule is COCC(=O)ONN. The minimum atomic E-state index is -0.546. The van der Waals surface area contributed by atoms with Crippen molar-refractivity contribution in [3.63, 3.8) is 0 Å². The molecule has 0 heterocycles. The number of carbonyl (C=O) groups is 1. The summed E-state index contributed by atoms with van der Waals surface area (Å²) >= 11 is 0. The number of nitrogens with two attached hydrogens (primary N) is 1. The van der Waals surface area contributed by atoms with Crippen LogP contribution in [0.25, 0.3) is 0 Å². The van der Waals surface area contributed by atoms with E-state index in [1.165, 1.54) is 7.11 Å². The number of nitrogens with one attached hydrogen (secondary N) is 1. The molecule has 0 aromatic carbocycles. The third-order valence-corrected chi connectivity index (χ3v) is 0.435. The summed E-state index contributed by atoms with van der Waals surface area (Å²) in [6.45, 7) is -0.0931. The quantitative estimate of drug-likeness (QED) is 0.352. The first-order valence-corrected chi connectivity index (χ1v) is 1.95. The van der Waals surface area contributed by atoms with Gasteiger partial charge in [-0.15, -0.1) is 0 Å². The van der Waals surface area contributed by atoms with Gasteiger partial charge >= 0.3 is 5.97 Å². The molecular weight excluding hydrogens is 112 g/mol. The van der Waals surface area contributed by atoms with E-state index in [4.69, 9.17) is 0 Å². The molecule has 0 bridgehead atoms. The van der Waals surface area contributed by atoms with Gasteiger partial charge in [-0.2, -0.15) is 0 Å². The molecule has 0 aliphatic rings. The van der Waals surface area contributed by atoms with Crippen LogP contribution in [0.2, 0.25) is 0 Å². The highest BCUT2D eigenvalue weighted by atomic mass is 16.7. The Morgan fingerprint density at radius 3 is 2.88 bits per heavy atom. The molecule has 3 N–H and O–H groups in total. The molecule has 0 radical (unpaired) electrons. The summed E-state index contributed by atoms with van der Waals surface area (Å²) in [5.74, 6) is 4.06. The highest BCUT2D eigenvalue weighted by Crippen LogP contribution is 1.70. The third kappa shape index (κ3) is 3.54. The fraction of sp³-hybridized carbons (Fsp3) is 0.667. The standard InChI is InChI=1S/C3H8N2O3/c1-7-2-3(6)8-5-4/h5H,2,4H2,1H3. The minimum Gasteiger partial charge on any atom is -0.373 e. The van der Waals surface area contributed by atoms with Crippen molar-refractivity contribution in [3.8, 4) is 0 Å². The highest BCUT2D eigenvalue weighted by molar-refractivity contribution is 5.70. The van der Waals surface area contributed by atoms with Crippen LogP contribution in [0.4, 0.5) is 0 Å². The molecule has 5 heteroatoms. The topological polar surface area (TPSA) is 73.6 Å². The molecule has 0 fully saturated rings. The average Bonchev–Trinajstić information content (AvgIpc) is 1.68. The third-order valence-electron chi connectivity index (χ3n) is 0.435. The Morgan fingerprint density at radius 1 is 1.88 bits per heavy atom. The van der Waals surface area contributed by atoms with Crippen molar-refractivity contribution in [2.24, 2.45) is 5.84 Å². The van der Waals surface area contributed by atoms with Crippen LogP contribution >= 0.6 is 0 Å². The summed E-state index contributed by atoms with van der Waals surface area (Å²) in [7, 11) is 1.39. The Balaban J connectivity index is 3.06. The first-order chi connectivity index (χ1) is 3.81. The monoisotopic (exact) mass is 120 g/mol. The van der Waals surface area contributed by atoms with Gasteiger partial charge in [-0.1, -0.05) is 5.59 Å². The summed E-state index contributed by atoms with van der Waals surface area (Å²) in [5, 5.41) is 0. The molecule has 0 saturated carbocycles. The molecule has 0 rings (SSSR count). The first kappa shape index (κ1) is 7.35. The Morgan fingerprint density at radius 2 is 2.50 bits per heavy atom. The van der Waals surface area contributed by atoms with Crippen LogP contribution < -0.4 is 11.4 Å². The second kappa shape index (κ2) is 4.51. The summed E-state index contributed by atoms with van der Waals surface area (Å²) in [5.41, 5.74) is 1.72. The number of hydrogen-bond donors (Lipinski definition) is 2. The van der Waals surface area contributed by atoms with E-state index in [1.807, 2.05) is 0 Å². The predicted octanol–water partition coefficient (Wildman–Crippen LogP) is -1.45. The molecule has 0 unspecified atom stereocenters. The van der Waals surface area contributed by atoms with Crippen LogP contribution in [0.5, 0.6) is 0 Å². The number of hydrogen-bond acceptors (Lipinski definition) is 5. The lowest BCUT2D eigenvalue weighted by Crippen LogP contribution is -2.28. The van der Waals surface area contributed by atoms with Crippen molar-refractivity contribution >= 4 is 5.97 Å². The number of hydrazine groups is 1. The normalized spacial score (nSPS) is 8.75. The molecule has 0 aromatic heterocycles. The molecule has 8 heavy (non-hydrogen) atoms. The largest absolute Gasteiger partial charge is 0.373 e. The Labute approximate surface area is 46.7 Å². The Hall–Kier alpha value is -0.650. The lowest BCUT2D eigenvalue weighted by Gasteiger charge is -1.96. The van der Waals surface area contributed by atoms with Gasteiger partial charge in [0.05, 0.1) is 0 Å². The summed E-state index contributed by atoms with van der Waals surface area (Å²) < 4.78 is 4.39. The molecule has 0 aromatic rings. The van der Waals surface area contributed by atoms with Gasteiger partial charge < -0.3 is 9.57 Å². The lowest BCUT2D eigenvalue weighted by molar-refractivity contribution is -0.155. The number of methoxy groups -OCH3 is 1. The first-order valence-electron chi connectivity index (χ1n) is 1.95. The molecular formula is C3H8N2O3. The maximum atomic E-state index is 10.2. The van der Waals surface area contributed by atoms with Crippen molar-refractivity contribution < 1.29 is 14.4 Å². The van der Waals surface area contributed by atoms with E-state index in [1.54, 1.807) is 5.59 Å². The van der Waals surface area contributed by atoms with Gasteiger partial charge in [-0.05, 0) is 0 Å². The van der Waals surface area contributed by atoms with E-state index >= 15 is 0 Å². The Kier molecular flexibility index (Phi) is 4.14. The summed E-state index contributed by atoms with van der Waals surface area (Å²) in [6, 6.07) is 0. The number of rotatable bonds is 3. The van der Waals surface area contributed by atoms with E-state index in [9.17, 15) is 4.79 Å². The van der Waals surface area contributed by atoms with Crippen molar-refractivity contribution in [1.82, 2.24) is 5.59 Å². The zero-order chi connectivity index (χ0) is 6.41. The molecule has 5 nitrogen and oxygen atoms in total. The maximum Gasteiger partial charge on any atom is 0.351 e. The van der Waals surface area contributed by atoms with Crippen LogP contribution in [0.1, 0.15) is 0 Å². The fourth-order valence-electron chi connectivity index (χ4n) is 0.213. The van der Waals surface area contributed by atoms with Gasteiger partial charge in [-0.3, -0.25) is 0 Å². The number of ether oxygens (including phenoxy) is 1. The Bertz CT molecular complexity index is 66.9. The molecule has 48 valence electrons. The van der Waals surface area contributed by atoms with Crippen LogP contribution in [0, 0.1) is 0 Å². The van der Waals surface area contributed by atoms with E-state index in [0.29, 0.717) is 0 Å². The van der Waals surface area contributed by atoms with Crippen molar-refractivity contribution in [3.05, 3.63) is 0 Å². The number of carbonyl (C=O) groups excluding carboxylic acids is 1. The molecule has 0 amide bonds. The van der Waals surface area contributed by atoms with Crippen LogP contribution in [-0.4, -0.2) is 19.7 Å². The van der Waals surface area contributed by atoms with E-state index in [0.717, 1.165) is 0 Å². The lowest BCUT2D eigenvalue weighted by atomic mass is 10.7. The maximum absolute atomic E-state index is 10.2. The second-order valence-electron chi connectivity index (χ2n) is 1.02. The van der Waals surface area contributed by atoms with Gasteiger partial charge in [0.15, 0.2) is 0 Å². The summed E-state index contributed by atoms with van der Waals surface area (Å²) in [6.07, 6.45) is 0. The van der Waals surface area contributed by atoms with E-state index < -0.39 is 5.97 Å². The highest BCUT2D eigenvalue weighted by Gasteiger charge is 1.96. The van der Waals surface area contributed by atoms with Gasteiger partial charge in [0.2, 0.25) is 0 Å². The molecule has 0 aliphatic heterocycles. The van der Waals surface area contributed by atoms with Gasteiger partial charge in [0, 0.05) is 7.11 Å². The molecule has 0 aliphatic carbocycles. The summed E-state index contributed by atoms with van der Waals surface area (Å²) in [4.78, 5) is 14.2. The van der Waals surface area contributed by atoms with Crippen molar-refractivity contribution in [2.75, 3.05) is 13.7 Å². The zero-order valence-corrected chi connectivity index (χ0v) is 4.51. The van der Waals surface area contributed by atoms with Gasteiger partial charge in [0.25, 0.3) is 0 Å². The average molecular weight is 120 g/mol. The van der Waals surface area contributed by atoms with E-state index in [-0.39, 0.29) is 6.61 Å². The second-order valence-corrected chi connectivity index (χ2v) is 1.02. The zero-order valence-electron chi connectivity index (χ0n) is 4.51. The minimum absolute atomic E-state index is 0.0931. The van der Waals surface area contributed by atoms with Crippen LogP contribution in [-0.2, 0) is 14.4 Å². The molecule has 0 atom stereocenters. The fourth-order valence-corrected chi connectivity index (χ4v) is 0.213. The predicted molar refractivity (Wildman–Crippen MR) is 25.3 cm³/mol. The molecule has 0 spiro atoms. The van der Waals surface area contributed by atoms with Gasteiger partial charge in [0.1, 0.15) is 6.61 Å². The smallest absolute Gasteiger partial charge is 0.351 e. The molecule has 0 saturated heterocycles. The van der Waals surface area contributed by atoms with E-state index in [2.05, 4.69) is 15.4 Å². The van der Waals surface area contributed by atoms with Crippen LogP contribution in [0.15, 0.2) is 0 Å². The van der Waals surface area contributed by atoms with Crippen molar-refractivity contribution in [1.29, 1.82) is 0 Å².